The number of carbonyl (C=O) groups excluding carboxylic acids is 1. The second-order valence-electron chi connectivity index (χ2n) is 8.40. The van der Waals surface area contributed by atoms with Crippen LogP contribution in [-0.4, -0.2) is 48.2 Å². The van der Waals surface area contributed by atoms with Gasteiger partial charge in [0, 0.05) is 48.4 Å². The predicted octanol–water partition coefficient (Wildman–Crippen LogP) is 4.59. The molecule has 0 radical (unpaired) electrons. The van der Waals surface area contributed by atoms with Gasteiger partial charge >= 0.3 is 0 Å². The van der Waals surface area contributed by atoms with Crippen molar-refractivity contribution in [2.75, 3.05) is 32.2 Å². The maximum atomic E-state index is 12.8. The van der Waals surface area contributed by atoms with Crippen molar-refractivity contribution in [3.63, 3.8) is 0 Å². The SMILES string of the molecule is COCCOc1ccc2c(c1)CC(c1ccc(C(=O)Nc3ccc4c(ccn4CCO)c3)cc1)=N2. The van der Waals surface area contributed by atoms with E-state index in [4.69, 9.17) is 14.5 Å². The Morgan fingerprint density at radius 1 is 1.06 bits per heavy atom. The van der Waals surface area contributed by atoms with Crippen molar-refractivity contribution < 1.29 is 19.4 Å². The van der Waals surface area contributed by atoms with Gasteiger partial charge in [-0.3, -0.25) is 9.79 Å². The average Bonchev–Trinajstić information content (AvgIpc) is 3.48. The molecule has 7 nitrogen and oxygen atoms in total. The molecule has 2 N–H and O–H groups in total. The first-order valence-corrected chi connectivity index (χ1v) is 11.6. The predicted molar refractivity (Wildman–Crippen MR) is 137 cm³/mol. The minimum Gasteiger partial charge on any atom is -0.491 e. The smallest absolute Gasteiger partial charge is 0.255 e. The Morgan fingerprint density at radius 3 is 2.71 bits per heavy atom. The molecule has 0 fully saturated rings. The summed E-state index contributed by atoms with van der Waals surface area (Å²) in [6, 6.07) is 21.2. The van der Waals surface area contributed by atoms with Gasteiger partial charge in [-0.15, -0.1) is 0 Å². The Hall–Kier alpha value is -3.94. The number of hydrogen-bond donors (Lipinski definition) is 2. The lowest BCUT2D eigenvalue weighted by atomic mass is 10.0. The zero-order chi connectivity index (χ0) is 24.2. The number of aliphatic hydroxyl groups is 1. The fourth-order valence-electron chi connectivity index (χ4n) is 4.27. The van der Waals surface area contributed by atoms with Crippen LogP contribution >= 0.6 is 0 Å². The number of anilines is 1. The number of rotatable bonds is 9. The summed E-state index contributed by atoms with van der Waals surface area (Å²) >= 11 is 0. The summed E-state index contributed by atoms with van der Waals surface area (Å²) in [6.45, 7) is 1.69. The topological polar surface area (TPSA) is 85.1 Å². The van der Waals surface area contributed by atoms with Gasteiger partial charge in [-0.1, -0.05) is 12.1 Å². The number of aliphatic hydroxyl groups excluding tert-OH is 1. The highest BCUT2D eigenvalue weighted by atomic mass is 16.5. The number of aliphatic imine (C=N–C) groups is 1. The van der Waals surface area contributed by atoms with Gasteiger partial charge in [0.25, 0.3) is 5.91 Å². The van der Waals surface area contributed by atoms with Crippen molar-refractivity contribution in [3.8, 4) is 5.75 Å². The van der Waals surface area contributed by atoms with Crippen LogP contribution in [0.5, 0.6) is 5.75 Å². The number of amides is 1. The second kappa shape index (κ2) is 10.1. The number of benzene rings is 3. The van der Waals surface area contributed by atoms with E-state index in [2.05, 4.69) is 5.32 Å². The van der Waals surface area contributed by atoms with Crippen molar-refractivity contribution in [1.29, 1.82) is 0 Å². The summed E-state index contributed by atoms with van der Waals surface area (Å²) in [6.07, 6.45) is 2.66. The normalized spacial score (nSPS) is 12.5. The van der Waals surface area contributed by atoms with Crippen LogP contribution in [0, 0.1) is 0 Å². The van der Waals surface area contributed by atoms with Crippen LogP contribution in [0.15, 0.2) is 77.9 Å². The third kappa shape index (κ3) is 4.96. The Bertz CT molecular complexity index is 1390. The first-order chi connectivity index (χ1) is 17.1. The lowest BCUT2D eigenvalue weighted by Crippen LogP contribution is -2.12. The van der Waals surface area contributed by atoms with Gasteiger partial charge in [0.1, 0.15) is 12.4 Å². The second-order valence-corrected chi connectivity index (χ2v) is 8.40. The molecule has 1 aliphatic rings. The van der Waals surface area contributed by atoms with E-state index in [1.165, 1.54) is 0 Å². The molecule has 0 saturated carbocycles. The Morgan fingerprint density at radius 2 is 1.91 bits per heavy atom. The first-order valence-electron chi connectivity index (χ1n) is 11.6. The highest BCUT2D eigenvalue weighted by molar-refractivity contribution is 6.08. The monoisotopic (exact) mass is 469 g/mol. The summed E-state index contributed by atoms with van der Waals surface area (Å²) in [5, 5.41) is 13.2. The number of carbonyl (C=O) groups is 1. The number of nitrogens with zero attached hydrogens (tertiary/aromatic N) is 2. The number of aromatic nitrogens is 1. The summed E-state index contributed by atoms with van der Waals surface area (Å²) in [5.41, 5.74) is 6.37. The zero-order valence-corrected chi connectivity index (χ0v) is 19.5. The maximum absolute atomic E-state index is 12.8. The molecule has 0 aliphatic carbocycles. The fourth-order valence-corrected chi connectivity index (χ4v) is 4.27. The van der Waals surface area contributed by atoms with E-state index >= 15 is 0 Å². The van der Waals surface area contributed by atoms with E-state index in [0.717, 1.165) is 51.3 Å². The van der Waals surface area contributed by atoms with E-state index in [1.807, 2.05) is 77.5 Å². The van der Waals surface area contributed by atoms with Gasteiger partial charge in [0.05, 0.1) is 24.6 Å². The van der Waals surface area contributed by atoms with Crippen LogP contribution in [-0.2, 0) is 17.7 Å². The minimum atomic E-state index is -0.166. The van der Waals surface area contributed by atoms with E-state index in [-0.39, 0.29) is 12.5 Å². The maximum Gasteiger partial charge on any atom is 0.255 e. The summed E-state index contributed by atoms with van der Waals surface area (Å²) < 4.78 is 12.7. The third-order valence-corrected chi connectivity index (χ3v) is 6.07. The zero-order valence-electron chi connectivity index (χ0n) is 19.5. The number of nitrogens with one attached hydrogen (secondary N) is 1. The number of ether oxygens (including phenoxy) is 2. The van der Waals surface area contributed by atoms with Gasteiger partial charge in [-0.2, -0.15) is 0 Å². The van der Waals surface area contributed by atoms with Crippen LogP contribution in [0.4, 0.5) is 11.4 Å². The molecule has 0 spiro atoms. The highest BCUT2D eigenvalue weighted by Gasteiger charge is 2.17. The molecular formula is C28H27N3O4. The van der Waals surface area contributed by atoms with Gasteiger partial charge < -0.3 is 24.5 Å². The van der Waals surface area contributed by atoms with E-state index < -0.39 is 0 Å². The van der Waals surface area contributed by atoms with Crippen molar-refractivity contribution in [2.45, 2.75) is 13.0 Å². The van der Waals surface area contributed by atoms with Crippen LogP contribution < -0.4 is 10.1 Å². The molecule has 178 valence electrons. The molecule has 0 saturated heterocycles. The van der Waals surface area contributed by atoms with E-state index in [9.17, 15) is 9.90 Å². The third-order valence-electron chi connectivity index (χ3n) is 6.07. The molecular weight excluding hydrogens is 442 g/mol. The molecule has 0 bridgehead atoms. The van der Waals surface area contributed by atoms with Gasteiger partial charge in [-0.25, -0.2) is 0 Å². The van der Waals surface area contributed by atoms with Crippen LogP contribution in [0.1, 0.15) is 21.5 Å². The first kappa shape index (κ1) is 22.8. The standard InChI is InChI=1S/C28H27N3O4/c1-34-14-15-35-24-7-8-25-22(17-24)18-26(30-25)19-2-4-20(5-3-19)28(33)29-23-6-9-27-21(16-23)10-11-31(27)12-13-32/h2-11,16-17,32H,12-15,18H2,1H3,(H,29,33). The van der Waals surface area contributed by atoms with Crippen molar-refractivity contribution in [2.24, 2.45) is 4.99 Å². The fraction of sp³-hybridized carbons (Fsp3) is 0.214. The molecule has 1 aromatic heterocycles. The molecule has 7 heteroatoms. The summed E-state index contributed by atoms with van der Waals surface area (Å²) in [7, 11) is 1.65. The van der Waals surface area contributed by atoms with Crippen LogP contribution in [0.3, 0.4) is 0 Å². The van der Waals surface area contributed by atoms with Gasteiger partial charge in [0.15, 0.2) is 0 Å². The average molecular weight is 470 g/mol. The van der Waals surface area contributed by atoms with Crippen molar-refractivity contribution in [3.05, 3.63) is 89.6 Å². The lowest BCUT2D eigenvalue weighted by Gasteiger charge is -2.08. The number of fused-ring (bicyclic) bond motifs is 2. The molecule has 5 rings (SSSR count). The molecule has 0 unspecified atom stereocenters. The molecule has 4 aromatic rings. The largest absolute Gasteiger partial charge is 0.491 e. The van der Waals surface area contributed by atoms with Crippen LogP contribution in [0.2, 0.25) is 0 Å². The molecule has 3 aromatic carbocycles. The van der Waals surface area contributed by atoms with Crippen LogP contribution in [0.25, 0.3) is 10.9 Å². The van der Waals surface area contributed by atoms with E-state index in [0.29, 0.717) is 25.3 Å². The Labute approximate surface area is 203 Å². The molecule has 2 heterocycles. The summed E-state index contributed by atoms with van der Waals surface area (Å²) in [5.74, 6) is 0.646. The number of hydrogen-bond acceptors (Lipinski definition) is 5. The van der Waals surface area contributed by atoms with Crippen molar-refractivity contribution >= 4 is 33.9 Å². The molecule has 35 heavy (non-hydrogen) atoms. The minimum absolute atomic E-state index is 0.0844. The van der Waals surface area contributed by atoms with Gasteiger partial charge in [-0.05, 0) is 65.7 Å². The Balaban J connectivity index is 1.24. The quantitative estimate of drug-likeness (QED) is 0.351. The van der Waals surface area contributed by atoms with Gasteiger partial charge in [0.2, 0.25) is 0 Å². The van der Waals surface area contributed by atoms with Crippen molar-refractivity contribution in [1.82, 2.24) is 4.57 Å². The lowest BCUT2D eigenvalue weighted by molar-refractivity contribution is 0.102. The Kier molecular flexibility index (Phi) is 6.61. The number of methoxy groups -OCH3 is 1. The molecule has 1 amide bonds. The highest BCUT2D eigenvalue weighted by Crippen LogP contribution is 2.32. The summed E-state index contributed by atoms with van der Waals surface area (Å²) in [4.78, 5) is 17.6. The molecule has 0 atom stereocenters. The molecule has 1 aliphatic heterocycles. The van der Waals surface area contributed by atoms with E-state index in [1.54, 1.807) is 7.11 Å².